The van der Waals surface area contributed by atoms with Crippen LogP contribution in [0.15, 0.2) is 75.9 Å². The molecule has 270 valence electrons. The normalized spacial score (nSPS) is 11.0. The molecule has 0 radical (unpaired) electrons. The van der Waals surface area contributed by atoms with Crippen LogP contribution in [0.1, 0.15) is 11.1 Å². The first kappa shape index (κ1) is 36.5. The molecule has 1 aliphatic carbocycles. The molecule has 1 heterocycles. The predicted molar refractivity (Wildman–Crippen MR) is 188 cm³/mol. The molecule has 15 nitrogen and oxygen atoms in total. The number of nitrogens with zero attached hydrogens (tertiary/aromatic N) is 2. The van der Waals surface area contributed by atoms with E-state index in [1.54, 1.807) is 56.3 Å². The van der Waals surface area contributed by atoms with Crippen molar-refractivity contribution >= 4 is 46.2 Å². The number of fused-ring (bicyclic) bond motifs is 2. The lowest BCUT2D eigenvalue weighted by Gasteiger charge is -2.26. The van der Waals surface area contributed by atoms with Crippen LogP contribution in [0, 0.1) is 13.8 Å². The van der Waals surface area contributed by atoms with Gasteiger partial charge in [-0.1, -0.05) is 6.07 Å². The van der Waals surface area contributed by atoms with Crippen LogP contribution >= 0.6 is 0 Å². The second-order valence-corrected chi connectivity index (χ2v) is 11.9. The molecule has 0 saturated heterocycles. The molecule has 0 atom stereocenters. The molecule has 0 spiro atoms. The van der Waals surface area contributed by atoms with Gasteiger partial charge < -0.3 is 49.2 Å². The monoisotopic (exact) mass is 714 g/mol. The van der Waals surface area contributed by atoms with Crippen molar-refractivity contribution in [1.82, 2.24) is 0 Å². The lowest BCUT2D eigenvalue weighted by molar-refractivity contribution is -0.138. The van der Waals surface area contributed by atoms with E-state index >= 15 is 0 Å². The number of ether oxygens (including phenoxy) is 2. The summed E-state index contributed by atoms with van der Waals surface area (Å²) in [6.07, 6.45) is 0. The molecule has 2 aliphatic rings. The predicted octanol–water partition coefficient (Wildman–Crippen LogP) is 4.30. The first-order chi connectivity index (χ1) is 24.7. The number of carboxylic acid groups (broad SMARTS) is 4. The molecule has 3 aromatic rings. The number of hydrogen-bond acceptors (Lipinski definition) is 11. The van der Waals surface area contributed by atoms with Gasteiger partial charge in [0, 0.05) is 28.6 Å². The number of rotatable bonds is 16. The fraction of sp³-hybridized carbons (Fsp3) is 0.216. The van der Waals surface area contributed by atoms with Crippen molar-refractivity contribution in [2.24, 2.45) is 0 Å². The van der Waals surface area contributed by atoms with Crippen molar-refractivity contribution in [2.45, 2.75) is 13.8 Å². The summed E-state index contributed by atoms with van der Waals surface area (Å²) < 4.78 is 18.1. The Bertz CT molecular complexity index is 2180. The molecule has 5 rings (SSSR count). The van der Waals surface area contributed by atoms with Gasteiger partial charge in [0.15, 0.2) is 5.43 Å². The second kappa shape index (κ2) is 15.4. The lowest BCUT2D eigenvalue weighted by atomic mass is 9.90. The van der Waals surface area contributed by atoms with Crippen LogP contribution in [0.5, 0.6) is 17.2 Å². The highest BCUT2D eigenvalue weighted by molar-refractivity contribution is 6.03. The highest BCUT2D eigenvalue weighted by Crippen LogP contribution is 2.45. The van der Waals surface area contributed by atoms with E-state index in [-0.39, 0.29) is 58.6 Å². The van der Waals surface area contributed by atoms with Gasteiger partial charge in [-0.25, -0.2) is 0 Å². The van der Waals surface area contributed by atoms with E-state index in [0.29, 0.717) is 27.6 Å². The van der Waals surface area contributed by atoms with Gasteiger partial charge in [0.1, 0.15) is 68.0 Å². The summed E-state index contributed by atoms with van der Waals surface area (Å²) in [5.74, 6) is -4.60. The van der Waals surface area contributed by atoms with Crippen LogP contribution in [0.25, 0.3) is 33.4 Å². The third-order valence-corrected chi connectivity index (χ3v) is 7.95. The van der Waals surface area contributed by atoms with Crippen molar-refractivity contribution in [1.29, 1.82) is 0 Å². The quantitative estimate of drug-likeness (QED) is 0.0710. The zero-order valence-electron chi connectivity index (χ0n) is 28.0. The number of phenolic OH excluding ortho intramolecular Hbond substituents is 1. The van der Waals surface area contributed by atoms with Crippen LogP contribution in [0.2, 0.25) is 0 Å². The van der Waals surface area contributed by atoms with Crippen molar-refractivity contribution < 1.29 is 58.6 Å². The van der Waals surface area contributed by atoms with E-state index in [0.717, 1.165) is 15.4 Å². The van der Waals surface area contributed by atoms with Crippen LogP contribution < -0.4 is 24.7 Å². The molecule has 3 aromatic carbocycles. The zero-order chi connectivity index (χ0) is 37.7. The molecule has 0 saturated carbocycles. The van der Waals surface area contributed by atoms with Crippen molar-refractivity contribution in [3.8, 4) is 39.7 Å². The first-order valence-corrected chi connectivity index (χ1v) is 15.8. The van der Waals surface area contributed by atoms with Gasteiger partial charge >= 0.3 is 23.9 Å². The summed E-state index contributed by atoms with van der Waals surface area (Å²) in [4.78, 5) is 61.2. The molecule has 0 unspecified atom stereocenters. The second-order valence-electron chi connectivity index (χ2n) is 11.9. The minimum atomic E-state index is -1.29. The zero-order valence-corrected chi connectivity index (χ0v) is 28.0. The smallest absolute Gasteiger partial charge is 0.323 e. The van der Waals surface area contributed by atoms with Gasteiger partial charge in [0.25, 0.3) is 0 Å². The molecule has 0 bridgehead atoms. The Morgan fingerprint density at radius 3 is 1.83 bits per heavy atom. The largest absolute Gasteiger partial charge is 0.508 e. The highest BCUT2D eigenvalue weighted by Gasteiger charge is 2.25. The van der Waals surface area contributed by atoms with Crippen LogP contribution in [-0.2, 0) is 19.2 Å². The molecule has 52 heavy (non-hydrogen) atoms. The van der Waals surface area contributed by atoms with Gasteiger partial charge in [-0.3, -0.25) is 24.0 Å². The lowest BCUT2D eigenvalue weighted by Crippen LogP contribution is -2.35. The first-order valence-electron chi connectivity index (χ1n) is 15.8. The van der Waals surface area contributed by atoms with E-state index in [2.05, 4.69) is 0 Å². The average Bonchev–Trinajstić information content (AvgIpc) is 3.04. The number of aliphatic carboxylic acids is 4. The standard InChI is InChI=1S/C37H34N2O13/c1-20-3-8-27(38(16-33(42)43)17-34(44)45)31(11-20)50-9-10-51-32-15-26(21(2)12-28(32)39(18-35(46)47)19-36(48)49)37-24-6-4-22(40)13-29(24)52-30-14-23(41)5-7-25(30)37/h3-8,11-15,40H,9-10,16-19H2,1-2H3,(H,42,43)(H,44,45)(H,46,47)(H,48,49). The van der Waals surface area contributed by atoms with E-state index in [1.165, 1.54) is 24.3 Å². The van der Waals surface area contributed by atoms with Gasteiger partial charge in [0.2, 0.25) is 0 Å². The van der Waals surface area contributed by atoms with Gasteiger partial charge in [-0.2, -0.15) is 0 Å². The van der Waals surface area contributed by atoms with Crippen molar-refractivity contribution in [3.05, 3.63) is 88.1 Å². The Balaban J connectivity index is 1.57. The number of hydrogen-bond donors (Lipinski definition) is 5. The summed E-state index contributed by atoms with van der Waals surface area (Å²) in [5, 5.41) is 48.8. The average molecular weight is 715 g/mol. The van der Waals surface area contributed by atoms with Crippen LogP contribution in [0.4, 0.5) is 11.4 Å². The SMILES string of the molecule is Cc1ccc(N(CC(=O)O)CC(=O)O)c(OCCOc2cc(-c3c4ccc(=O)cc-4oc4cc(O)ccc34)c(C)cc2N(CC(=O)O)CC(=O)O)c1. The fourth-order valence-corrected chi connectivity index (χ4v) is 5.86. The Labute approximate surface area is 295 Å². The van der Waals surface area contributed by atoms with Crippen molar-refractivity contribution in [2.75, 3.05) is 49.2 Å². The number of carboxylic acids is 4. The molecule has 0 amide bonds. The highest BCUT2D eigenvalue weighted by atomic mass is 16.5. The Morgan fingerprint density at radius 1 is 0.654 bits per heavy atom. The molecular weight excluding hydrogens is 680 g/mol. The minimum Gasteiger partial charge on any atom is -0.508 e. The summed E-state index contributed by atoms with van der Waals surface area (Å²) in [5.41, 5.74) is 3.42. The molecule has 5 N–H and O–H groups in total. The Hall–Kier alpha value is -6.77. The Kier molecular flexibility index (Phi) is 10.8. The number of phenols is 1. The minimum absolute atomic E-state index is 0.0697. The van der Waals surface area contributed by atoms with Gasteiger partial charge in [-0.15, -0.1) is 0 Å². The number of anilines is 2. The molecule has 0 fully saturated rings. The maximum Gasteiger partial charge on any atom is 0.323 e. The number of aromatic hydroxyl groups is 1. The summed E-state index contributed by atoms with van der Waals surface area (Å²) >= 11 is 0. The molecular formula is C37H34N2O13. The van der Waals surface area contributed by atoms with Crippen molar-refractivity contribution in [3.63, 3.8) is 0 Å². The maximum atomic E-state index is 12.3. The fourth-order valence-electron chi connectivity index (χ4n) is 5.86. The number of benzene rings is 4. The summed E-state index contributed by atoms with van der Waals surface area (Å²) in [6.45, 7) is 0.647. The van der Waals surface area contributed by atoms with Gasteiger partial charge in [-0.05, 0) is 79.1 Å². The van der Waals surface area contributed by atoms with Gasteiger partial charge in [0.05, 0.1) is 11.4 Å². The van der Waals surface area contributed by atoms with Crippen LogP contribution in [-0.4, -0.2) is 88.8 Å². The number of aryl methyl sites for hydroxylation is 2. The topological polar surface area (TPSA) is 225 Å². The van der Waals surface area contributed by atoms with E-state index < -0.39 is 50.1 Å². The third kappa shape index (κ3) is 8.50. The van der Waals surface area contributed by atoms with E-state index in [4.69, 9.17) is 13.9 Å². The molecule has 0 aromatic heterocycles. The summed E-state index contributed by atoms with van der Waals surface area (Å²) in [7, 11) is 0. The van der Waals surface area contributed by atoms with E-state index in [1.807, 2.05) is 0 Å². The third-order valence-electron chi connectivity index (χ3n) is 7.95. The maximum absolute atomic E-state index is 12.3. The summed E-state index contributed by atoms with van der Waals surface area (Å²) in [6, 6.07) is 16.9. The Morgan fingerprint density at radius 2 is 1.23 bits per heavy atom. The molecule has 15 heteroatoms. The van der Waals surface area contributed by atoms with E-state index in [9.17, 15) is 49.5 Å². The molecule has 1 aliphatic heterocycles. The number of carbonyl (C=O) groups is 4. The van der Waals surface area contributed by atoms with Crippen LogP contribution in [0.3, 0.4) is 0 Å².